The Kier molecular flexibility index (Phi) is 3.43. The van der Waals surface area contributed by atoms with Crippen LogP contribution < -0.4 is 5.73 Å². The average Bonchev–Trinajstić information content (AvgIpc) is 2.57. The molecule has 1 fully saturated rings. The van der Waals surface area contributed by atoms with E-state index < -0.39 is 0 Å². The number of rotatable bonds is 1. The quantitative estimate of drug-likeness (QED) is 0.815. The van der Waals surface area contributed by atoms with Gasteiger partial charge in [-0.2, -0.15) is 0 Å². The summed E-state index contributed by atoms with van der Waals surface area (Å²) in [4.78, 5) is 18.6. The Morgan fingerprint density at radius 2 is 2.38 bits per heavy atom. The molecule has 1 aromatic heterocycles. The molecule has 1 aromatic rings. The van der Waals surface area contributed by atoms with E-state index in [2.05, 4.69) is 11.9 Å². The van der Waals surface area contributed by atoms with Crippen molar-refractivity contribution in [2.24, 2.45) is 5.92 Å². The zero-order valence-corrected chi connectivity index (χ0v) is 10.3. The van der Waals surface area contributed by atoms with Crippen LogP contribution >= 0.6 is 11.3 Å². The number of nitrogen functional groups attached to an aromatic ring is 1. The second-order valence-electron chi connectivity index (χ2n) is 4.39. The van der Waals surface area contributed by atoms with Crippen molar-refractivity contribution < 1.29 is 4.79 Å². The molecule has 1 atom stereocenters. The number of anilines is 1. The largest absolute Gasteiger partial charge is 0.375 e. The first-order chi connectivity index (χ1) is 7.66. The number of aromatic nitrogens is 1. The Bertz CT molecular complexity index is 377. The van der Waals surface area contributed by atoms with Gasteiger partial charge in [0.1, 0.15) is 4.88 Å². The van der Waals surface area contributed by atoms with Crippen molar-refractivity contribution in [1.82, 2.24) is 9.88 Å². The Morgan fingerprint density at radius 3 is 3.06 bits per heavy atom. The van der Waals surface area contributed by atoms with Gasteiger partial charge in [0.2, 0.25) is 0 Å². The highest BCUT2D eigenvalue weighted by molar-refractivity contribution is 7.17. The van der Waals surface area contributed by atoms with Gasteiger partial charge in [-0.25, -0.2) is 4.98 Å². The van der Waals surface area contributed by atoms with Gasteiger partial charge in [0.15, 0.2) is 5.13 Å². The summed E-state index contributed by atoms with van der Waals surface area (Å²) in [6.45, 7) is 3.97. The van der Waals surface area contributed by atoms with E-state index in [9.17, 15) is 4.79 Å². The predicted octanol–water partition coefficient (Wildman–Crippen LogP) is 1.99. The molecular weight excluding hydrogens is 222 g/mol. The summed E-state index contributed by atoms with van der Waals surface area (Å²) in [5.41, 5.74) is 5.54. The van der Waals surface area contributed by atoms with Gasteiger partial charge in [-0.05, 0) is 25.2 Å². The highest BCUT2D eigenvalue weighted by Gasteiger charge is 2.21. The normalized spacial score (nSPS) is 21.8. The van der Waals surface area contributed by atoms with Gasteiger partial charge in [0, 0.05) is 13.1 Å². The van der Waals surface area contributed by atoms with Crippen molar-refractivity contribution in [3.63, 3.8) is 0 Å². The van der Waals surface area contributed by atoms with E-state index >= 15 is 0 Å². The van der Waals surface area contributed by atoms with Crippen LogP contribution in [0.25, 0.3) is 0 Å². The van der Waals surface area contributed by atoms with E-state index in [4.69, 9.17) is 5.73 Å². The summed E-state index contributed by atoms with van der Waals surface area (Å²) in [5.74, 6) is 0.813. The van der Waals surface area contributed by atoms with Crippen molar-refractivity contribution >= 4 is 22.4 Å². The molecule has 1 aliphatic heterocycles. The fourth-order valence-electron chi connectivity index (χ4n) is 2.01. The van der Waals surface area contributed by atoms with Crippen LogP contribution in [-0.2, 0) is 0 Å². The molecule has 2 N–H and O–H groups in total. The molecule has 0 spiro atoms. The Balaban J connectivity index is 2.04. The first-order valence-corrected chi connectivity index (χ1v) is 6.49. The summed E-state index contributed by atoms with van der Waals surface area (Å²) in [5, 5.41) is 0.464. The lowest BCUT2D eigenvalue weighted by Crippen LogP contribution is -2.31. The molecule has 0 aliphatic carbocycles. The third-order valence-electron chi connectivity index (χ3n) is 3.04. The molecule has 0 unspecified atom stereocenters. The third kappa shape index (κ3) is 2.52. The van der Waals surface area contributed by atoms with Crippen LogP contribution in [0.3, 0.4) is 0 Å². The molecule has 1 amide bonds. The maximum Gasteiger partial charge on any atom is 0.265 e. The number of carbonyl (C=O) groups is 1. The number of hydrogen-bond acceptors (Lipinski definition) is 4. The number of nitrogens with zero attached hydrogens (tertiary/aromatic N) is 2. The average molecular weight is 239 g/mol. The van der Waals surface area contributed by atoms with Gasteiger partial charge in [0.05, 0.1) is 6.20 Å². The molecule has 4 nitrogen and oxygen atoms in total. The highest BCUT2D eigenvalue weighted by Crippen LogP contribution is 2.21. The van der Waals surface area contributed by atoms with E-state index in [0.717, 1.165) is 31.8 Å². The smallest absolute Gasteiger partial charge is 0.265 e. The third-order valence-corrected chi connectivity index (χ3v) is 3.85. The number of amides is 1. The van der Waals surface area contributed by atoms with Gasteiger partial charge < -0.3 is 10.6 Å². The fourth-order valence-corrected chi connectivity index (χ4v) is 2.66. The van der Waals surface area contributed by atoms with E-state index in [0.29, 0.717) is 10.0 Å². The molecular formula is C11H17N3OS. The van der Waals surface area contributed by atoms with Gasteiger partial charge in [-0.1, -0.05) is 18.3 Å². The molecule has 0 radical (unpaired) electrons. The SMILES string of the molecule is C[C@H]1CCCN(C(=O)c2cnc(N)s2)CC1. The molecule has 1 aliphatic rings. The number of thiazole rings is 1. The molecule has 0 saturated carbocycles. The summed E-state index contributed by atoms with van der Waals surface area (Å²) < 4.78 is 0. The molecule has 2 heterocycles. The number of carbonyl (C=O) groups excluding carboxylic acids is 1. The van der Waals surface area contributed by atoms with Crippen LogP contribution in [0.5, 0.6) is 0 Å². The lowest BCUT2D eigenvalue weighted by Gasteiger charge is -2.19. The van der Waals surface area contributed by atoms with Crippen LogP contribution in [-0.4, -0.2) is 28.9 Å². The maximum atomic E-state index is 12.1. The Labute approximate surface area is 99.5 Å². The van der Waals surface area contributed by atoms with Crippen LogP contribution in [0.15, 0.2) is 6.20 Å². The standard InChI is InChI=1S/C11H17N3OS/c1-8-3-2-5-14(6-4-8)10(15)9-7-13-11(12)16-9/h7-8H,2-6H2,1H3,(H2,12,13)/t8-/m0/s1. The minimum absolute atomic E-state index is 0.0864. The van der Waals surface area contributed by atoms with Crippen LogP contribution in [0.1, 0.15) is 35.9 Å². The molecule has 5 heteroatoms. The number of hydrogen-bond donors (Lipinski definition) is 1. The van der Waals surface area contributed by atoms with Crippen LogP contribution in [0, 0.1) is 5.92 Å². The Morgan fingerprint density at radius 1 is 1.56 bits per heavy atom. The van der Waals surface area contributed by atoms with E-state index in [1.54, 1.807) is 6.20 Å². The van der Waals surface area contributed by atoms with Crippen molar-refractivity contribution in [3.8, 4) is 0 Å². The topological polar surface area (TPSA) is 59.2 Å². The molecule has 0 bridgehead atoms. The second-order valence-corrected chi connectivity index (χ2v) is 5.45. The summed E-state index contributed by atoms with van der Waals surface area (Å²) in [7, 11) is 0. The zero-order valence-electron chi connectivity index (χ0n) is 9.48. The van der Waals surface area contributed by atoms with Crippen molar-refractivity contribution in [2.75, 3.05) is 18.8 Å². The number of likely N-dealkylation sites (tertiary alicyclic amines) is 1. The lowest BCUT2D eigenvalue weighted by molar-refractivity contribution is 0.0765. The second kappa shape index (κ2) is 4.82. The van der Waals surface area contributed by atoms with E-state index in [1.165, 1.54) is 17.8 Å². The summed E-state index contributed by atoms with van der Waals surface area (Å²) in [6.07, 6.45) is 4.99. The van der Waals surface area contributed by atoms with E-state index in [-0.39, 0.29) is 5.91 Å². The molecule has 16 heavy (non-hydrogen) atoms. The van der Waals surface area contributed by atoms with Crippen LogP contribution in [0.4, 0.5) is 5.13 Å². The minimum atomic E-state index is 0.0864. The summed E-state index contributed by atoms with van der Waals surface area (Å²) in [6, 6.07) is 0. The maximum absolute atomic E-state index is 12.1. The van der Waals surface area contributed by atoms with Crippen molar-refractivity contribution in [1.29, 1.82) is 0 Å². The minimum Gasteiger partial charge on any atom is -0.375 e. The summed E-state index contributed by atoms with van der Waals surface area (Å²) >= 11 is 1.27. The molecule has 88 valence electrons. The van der Waals surface area contributed by atoms with Gasteiger partial charge >= 0.3 is 0 Å². The molecule has 0 aromatic carbocycles. The number of nitrogens with two attached hydrogens (primary N) is 1. The molecule has 1 saturated heterocycles. The van der Waals surface area contributed by atoms with Gasteiger partial charge in [0.25, 0.3) is 5.91 Å². The van der Waals surface area contributed by atoms with Crippen molar-refractivity contribution in [2.45, 2.75) is 26.2 Å². The Hall–Kier alpha value is -1.10. The van der Waals surface area contributed by atoms with Gasteiger partial charge in [-0.15, -0.1) is 0 Å². The predicted molar refractivity (Wildman–Crippen MR) is 65.4 cm³/mol. The zero-order chi connectivity index (χ0) is 11.5. The van der Waals surface area contributed by atoms with Gasteiger partial charge in [-0.3, -0.25) is 4.79 Å². The monoisotopic (exact) mass is 239 g/mol. The first kappa shape index (κ1) is 11.4. The van der Waals surface area contributed by atoms with Crippen LogP contribution in [0.2, 0.25) is 0 Å². The molecule has 2 rings (SSSR count). The fraction of sp³-hybridized carbons (Fsp3) is 0.636. The lowest BCUT2D eigenvalue weighted by atomic mass is 10.0. The first-order valence-electron chi connectivity index (χ1n) is 5.67. The highest BCUT2D eigenvalue weighted by atomic mass is 32.1. The van der Waals surface area contributed by atoms with E-state index in [1.807, 2.05) is 4.90 Å². The van der Waals surface area contributed by atoms with Crippen molar-refractivity contribution in [3.05, 3.63) is 11.1 Å².